The fraction of sp³-hybridized carbons (Fsp3) is 0.450. The number of thiazole rings is 1. The molecule has 1 aliphatic carbocycles. The van der Waals surface area contributed by atoms with Crippen molar-refractivity contribution in [3.63, 3.8) is 0 Å². The van der Waals surface area contributed by atoms with E-state index >= 15 is 0 Å². The minimum absolute atomic E-state index is 0.00749. The lowest BCUT2D eigenvalue weighted by Gasteiger charge is -2.22. The van der Waals surface area contributed by atoms with E-state index in [1.54, 1.807) is 16.7 Å². The molecule has 3 rings (SSSR count). The Hall–Kier alpha value is -2.46. The first-order valence-corrected chi connectivity index (χ1v) is 11.8. The molecule has 0 spiro atoms. The first-order valence-electron chi connectivity index (χ1n) is 9.81. The molecule has 1 aromatic carbocycles. The van der Waals surface area contributed by atoms with Gasteiger partial charge in [-0.3, -0.25) is 19.7 Å². The van der Waals surface area contributed by atoms with Crippen LogP contribution in [0.15, 0.2) is 35.8 Å². The summed E-state index contributed by atoms with van der Waals surface area (Å²) in [6.07, 6.45) is 7.27. The largest absolute Gasteiger partial charge is 0.353 e. The highest BCUT2D eigenvalue weighted by Gasteiger charge is 2.16. The molecule has 1 saturated carbocycles. The molecule has 160 valence electrons. The Kier molecular flexibility index (Phi) is 7.81. The molecule has 0 bridgehead atoms. The van der Waals surface area contributed by atoms with Crippen LogP contribution in [0.2, 0.25) is 0 Å². The number of nitro groups is 1. The van der Waals surface area contributed by atoms with Crippen molar-refractivity contribution < 1.29 is 14.5 Å². The maximum Gasteiger partial charge on any atom is 0.270 e. The summed E-state index contributed by atoms with van der Waals surface area (Å²) in [6, 6.07) is 4.82. The van der Waals surface area contributed by atoms with Crippen LogP contribution in [-0.4, -0.2) is 38.9 Å². The number of thioether (sulfide) groups is 1. The lowest BCUT2D eigenvalue weighted by atomic mass is 9.95. The van der Waals surface area contributed by atoms with Gasteiger partial charge in [0, 0.05) is 24.7 Å². The van der Waals surface area contributed by atoms with Crippen LogP contribution in [0.1, 0.15) is 32.1 Å². The van der Waals surface area contributed by atoms with Crippen LogP contribution < -0.4 is 10.1 Å². The third-order valence-corrected chi connectivity index (χ3v) is 6.80. The molecule has 10 heteroatoms. The molecule has 0 saturated heterocycles. The zero-order chi connectivity index (χ0) is 21.5. The molecule has 2 aromatic rings. The minimum atomic E-state index is -0.450. The van der Waals surface area contributed by atoms with Gasteiger partial charge in [-0.25, -0.2) is 0 Å². The number of hydrogen-bond donors (Lipinski definition) is 1. The van der Waals surface area contributed by atoms with E-state index in [4.69, 9.17) is 0 Å². The lowest BCUT2D eigenvalue weighted by molar-refractivity contribution is -0.384. The Labute approximate surface area is 182 Å². The Bertz CT molecular complexity index is 1020. The van der Waals surface area contributed by atoms with Crippen molar-refractivity contribution in [3.8, 4) is 0 Å². The topological polar surface area (TPSA) is 107 Å². The number of carbonyl (C=O) groups excluding carboxylic acids is 2. The van der Waals surface area contributed by atoms with Crippen LogP contribution in [0.25, 0.3) is 10.2 Å². The summed E-state index contributed by atoms with van der Waals surface area (Å²) in [6.45, 7) is 4.16. The van der Waals surface area contributed by atoms with Crippen LogP contribution in [0.3, 0.4) is 0 Å². The van der Waals surface area contributed by atoms with Gasteiger partial charge in [0.1, 0.15) is 0 Å². The highest BCUT2D eigenvalue weighted by molar-refractivity contribution is 8.00. The number of carbonyl (C=O) groups is 2. The number of amides is 2. The number of nitro benzene ring substituents is 1. The Morgan fingerprint density at radius 1 is 1.33 bits per heavy atom. The lowest BCUT2D eigenvalue weighted by Crippen LogP contribution is -2.37. The number of allylic oxidation sites excluding steroid dienone is 1. The number of fused-ring (bicyclic) bond motifs is 1. The normalized spacial score (nSPS) is 15.3. The summed E-state index contributed by atoms with van der Waals surface area (Å²) in [5.41, 5.74) is 0.753. The Balaban J connectivity index is 1.65. The van der Waals surface area contributed by atoms with Gasteiger partial charge in [0.15, 0.2) is 4.80 Å². The standard InChI is InChI=1S/C20H24N4O4S2/c1-2-10-23-16-9-8-15(24(27)28)11-17(16)30-20(23)22-19(26)13-29-12-18(25)21-14-6-4-3-5-7-14/h2,8-9,11,14H,1,3-7,10,12-13H2,(H,21,25). The summed E-state index contributed by atoms with van der Waals surface area (Å²) < 4.78 is 2.48. The molecule has 0 unspecified atom stereocenters. The smallest absolute Gasteiger partial charge is 0.270 e. The molecule has 1 fully saturated rings. The predicted molar refractivity (Wildman–Crippen MR) is 120 cm³/mol. The van der Waals surface area contributed by atoms with Crippen molar-refractivity contribution in [2.24, 2.45) is 4.99 Å². The van der Waals surface area contributed by atoms with Crippen LogP contribution >= 0.6 is 23.1 Å². The summed E-state index contributed by atoms with van der Waals surface area (Å²) in [5.74, 6) is -0.0659. The predicted octanol–water partition coefficient (Wildman–Crippen LogP) is 3.41. The average Bonchev–Trinajstić information content (AvgIpc) is 3.05. The zero-order valence-corrected chi connectivity index (χ0v) is 18.2. The fourth-order valence-electron chi connectivity index (χ4n) is 3.45. The monoisotopic (exact) mass is 448 g/mol. The van der Waals surface area contributed by atoms with Crippen molar-refractivity contribution in [1.29, 1.82) is 0 Å². The first-order chi connectivity index (χ1) is 14.5. The molecular weight excluding hydrogens is 424 g/mol. The van der Waals surface area contributed by atoms with Gasteiger partial charge < -0.3 is 9.88 Å². The molecule has 0 radical (unpaired) electrons. The Morgan fingerprint density at radius 3 is 2.80 bits per heavy atom. The third-order valence-electron chi connectivity index (χ3n) is 4.84. The molecule has 0 aliphatic heterocycles. The average molecular weight is 449 g/mol. The third kappa shape index (κ3) is 5.79. The van der Waals surface area contributed by atoms with Crippen molar-refractivity contribution in [2.45, 2.75) is 44.7 Å². The van der Waals surface area contributed by atoms with Gasteiger partial charge in [-0.15, -0.1) is 18.3 Å². The van der Waals surface area contributed by atoms with Crippen LogP contribution in [0.4, 0.5) is 5.69 Å². The van der Waals surface area contributed by atoms with E-state index in [1.165, 1.54) is 41.7 Å². The summed E-state index contributed by atoms with van der Waals surface area (Å²) >= 11 is 2.46. The fourth-order valence-corrected chi connectivity index (χ4v) is 5.15. The first kappa shape index (κ1) is 22.2. The second kappa shape index (κ2) is 10.5. The van der Waals surface area contributed by atoms with E-state index in [9.17, 15) is 19.7 Å². The molecule has 2 amide bonds. The summed E-state index contributed by atoms with van der Waals surface area (Å²) in [7, 11) is 0. The van der Waals surface area contributed by atoms with Gasteiger partial charge in [0.25, 0.3) is 11.6 Å². The molecule has 8 nitrogen and oxygen atoms in total. The number of aromatic nitrogens is 1. The molecule has 1 N–H and O–H groups in total. The second-order valence-corrected chi connectivity index (χ2v) is 9.09. The van der Waals surface area contributed by atoms with Crippen molar-refractivity contribution in [1.82, 2.24) is 9.88 Å². The van der Waals surface area contributed by atoms with Gasteiger partial charge in [0.05, 0.1) is 26.6 Å². The van der Waals surface area contributed by atoms with E-state index in [0.29, 0.717) is 16.0 Å². The Morgan fingerprint density at radius 2 is 2.10 bits per heavy atom. The maximum atomic E-state index is 12.3. The van der Waals surface area contributed by atoms with Crippen molar-refractivity contribution >= 4 is 50.8 Å². The zero-order valence-electron chi connectivity index (χ0n) is 16.5. The van der Waals surface area contributed by atoms with E-state index in [0.717, 1.165) is 31.2 Å². The van der Waals surface area contributed by atoms with Gasteiger partial charge >= 0.3 is 0 Å². The highest BCUT2D eigenvalue weighted by Crippen LogP contribution is 2.23. The van der Waals surface area contributed by atoms with E-state index in [1.807, 2.05) is 0 Å². The quantitative estimate of drug-likeness (QED) is 0.378. The molecular formula is C20H24N4O4S2. The summed E-state index contributed by atoms with van der Waals surface area (Å²) in [5, 5.41) is 14.0. The maximum absolute atomic E-state index is 12.3. The van der Waals surface area contributed by atoms with Crippen molar-refractivity contribution in [3.05, 3.63) is 45.8 Å². The van der Waals surface area contributed by atoms with Gasteiger partial charge in [-0.05, 0) is 18.9 Å². The van der Waals surface area contributed by atoms with Gasteiger partial charge in [-0.1, -0.05) is 36.7 Å². The van der Waals surface area contributed by atoms with E-state index < -0.39 is 4.92 Å². The van der Waals surface area contributed by atoms with E-state index in [2.05, 4.69) is 16.9 Å². The number of non-ortho nitro benzene ring substituents is 1. The number of rotatable bonds is 8. The van der Waals surface area contributed by atoms with Crippen molar-refractivity contribution in [2.75, 3.05) is 11.5 Å². The van der Waals surface area contributed by atoms with Crippen LogP contribution in [0.5, 0.6) is 0 Å². The number of nitrogens with zero attached hydrogens (tertiary/aromatic N) is 3. The number of hydrogen-bond acceptors (Lipinski definition) is 6. The summed E-state index contributed by atoms with van der Waals surface area (Å²) in [4.78, 5) is 39.6. The molecule has 1 aliphatic rings. The molecule has 30 heavy (non-hydrogen) atoms. The number of benzene rings is 1. The van der Waals surface area contributed by atoms with Gasteiger partial charge in [0.2, 0.25) is 5.91 Å². The van der Waals surface area contributed by atoms with Crippen LogP contribution in [0, 0.1) is 10.1 Å². The SMILES string of the molecule is C=CCn1c(=NC(=O)CSCC(=O)NC2CCCCC2)sc2cc([N+](=O)[O-])ccc21. The molecule has 1 heterocycles. The van der Waals surface area contributed by atoms with E-state index in [-0.39, 0.29) is 35.0 Å². The van der Waals surface area contributed by atoms with Gasteiger partial charge in [-0.2, -0.15) is 4.99 Å². The molecule has 1 aromatic heterocycles. The van der Waals surface area contributed by atoms with Crippen LogP contribution in [-0.2, 0) is 16.1 Å². The second-order valence-electron chi connectivity index (χ2n) is 7.09. The number of nitrogens with one attached hydrogen (secondary N) is 1. The molecule has 0 atom stereocenters. The minimum Gasteiger partial charge on any atom is -0.353 e. The highest BCUT2D eigenvalue weighted by atomic mass is 32.2.